The van der Waals surface area contributed by atoms with E-state index < -0.39 is 297 Å². The van der Waals surface area contributed by atoms with Crippen LogP contribution in [0.25, 0.3) is 0 Å². The molecule has 16 atom stereocenters. The molecule has 125 heavy (non-hydrogen) atoms. The number of nitrogens with one attached hydrogen (secondary N) is 16. The Morgan fingerprint density at radius 1 is 0.424 bits per heavy atom. The van der Waals surface area contributed by atoms with Crippen LogP contribution in [0.4, 0.5) is 0 Å². The standard InChI is InChI=1S/C76H119N19O26S4/c1-10-38(8)61(94-68(112)47(27-59(104)105)89-64(108)43(19-21-58(102)103)86-73(117)52-17-14-22-95(52)75(119)39(9)82-69(113)49(32-123)92-72(116)50(33-124)90-62(106)41(77)26-53(78)96)74(118)81-30-56(99)83-46(25-40-15-12-11-13-16-40)66(110)91-51(34-125)71(115)87-44(23-35(2)3)65(109)85-42(18-20-57(100)101)63(107)80-28-54(97)79-29-55(98)84-48(31-122)70(114)88-45(24-36(4)5)67(111)93-60(37(6)7)76(120)121/h11-13,15-16,35-39,41-52,60-61,122-125H,10,14,17-34,77H2,1-9H3,(H2,78,96)(H,79,97)(H,80,107)(H,81,118)(H,82,113)(H,83,99)(H,84,98)(H,85,109)(H,86,117)(H,87,115)(H,88,114)(H,89,108)(H,90,106)(H,91,110)(H,92,116)(H,93,111)(H,94,112)(H,100,101)(H,102,103)(H,104,105)(H,120,121)/t38-,39-,41-,42-,43-,44-,45-,46-,47-,48-,49-,50-,51-,52-,60-,61-/m0/s1. The number of hydrogen-bond acceptors (Lipinski definition) is 27. The number of carboxylic acids is 4. The molecule has 1 aliphatic heterocycles. The van der Waals surface area contributed by atoms with Crippen molar-refractivity contribution in [3.8, 4) is 0 Å². The molecule has 1 aliphatic rings. The summed E-state index contributed by atoms with van der Waals surface area (Å²) in [5, 5.41) is 76.8. The number of rotatable bonds is 57. The van der Waals surface area contributed by atoms with Crippen LogP contribution in [0.5, 0.6) is 0 Å². The summed E-state index contributed by atoms with van der Waals surface area (Å²) in [4.78, 5) is 292. The van der Waals surface area contributed by atoms with Crippen molar-refractivity contribution in [3.05, 3.63) is 35.9 Å². The smallest absolute Gasteiger partial charge is 0.326 e. The van der Waals surface area contributed by atoms with E-state index >= 15 is 0 Å². The fraction of sp³-hybridized carbons (Fsp3) is 0.632. The molecule has 0 saturated carbocycles. The van der Waals surface area contributed by atoms with E-state index in [0.29, 0.717) is 5.56 Å². The molecule has 0 aliphatic carbocycles. The fourth-order valence-electron chi connectivity index (χ4n) is 12.1. The van der Waals surface area contributed by atoms with Gasteiger partial charge in [-0.05, 0) is 74.7 Å². The minimum atomic E-state index is -2.05. The maximum absolute atomic E-state index is 14.3. The SMILES string of the molecule is CC[C@H](C)[C@H](NC(=O)[C@H](CC(=O)O)NC(=O)[C@H](CCC(=O)O)NC(=O)[C@@H]1CCCN1C(=O)[C@H](C)NC(=O)[C@H](CS)NC(=O)[C@H](CS)NC(=O)[C@@H](N)CC(N)=O)C(=O)NCC(=O)N[C@@H](Cc1ccccc1)C(=O)N[C@@H](CS)C(=O)N[C@@H](CC(C)C)C(=O)N[C@@H](CCC(=O)O)C(=O)NCC(=O)NCC(=O)N[C@@H](CS)C(=O)N[C@@H](CC(C)C)C(=O)N[C@H](C(=O)O)C(C)C. The number of likely N-dealkylation sites (tertiary alicyclic amines) is 1. The van der Waals surface area contributed by atoms with Gasteiger partial charge in [0, 0.05) is 48.8 Å². The zero-order valence-electron chi connectivity index (χ0n) is 70.7. The van der Waals surface area contributed by atoms with Gasteiger partial charge >= 0.3 is 23.9 Å². The van der Waals surface area contributed by atoms with Gasteiger partial charge in [-0.15, -0.1) is 0 Å². The maximum Gasteiger partial charge on any atom is 0.326 e. The lowest BCUT2D eigenvalue weighted by Gasteiger charge is -2.30. The molecule has 1 aromatic carbocycles. The number of amides is 18. The van der Waals surface area contributed by atoms with Gasteiger partial charge in [0.2, 0.25) is 106 Å². The summed E-state index contributed by atoms with van der Waals surface area (Å²) in [6.07, 6.45) is -4.39. The third kappa shape index (κ3) is 40.2. The Morgan fingerprint density at radius 2 is 0.816 bits per heavy atom. The Bertz CT molecular complexity index is 3980. The predicted molar refractivity (Wildman–Crippen MR) is 459 cm³/mol. The fourth-order valence-corrected chi connectivity index (χ4v) is 13.2. The highest BCUT2D eigenvalue weighted by molar-refractivity contribution is 7.80. The van der Waals surface area contributed by atoms with Crippen molar-refractivity contribution >= 4 is 181 Å². The van der Waals surface area contributed by atoms with E-state index in [1.54, 1.807) is 78.8 Å². The highest BCUT2D eigenvalue weighted by Crippen LogP contribution is 2.21. The topological polar surface area (TPSA) is 704 Å². The average Bonchev–Trinajstić information content (AvgIpc) is 1.72. The molecule has 1 fully saturated rings. The Hall–Kier alpha value is -11.1. The minimum absolute atomic E-state index is 0.0265. The molecule has 49 heteroatoms. The van der Waals surface area contributed by atoms with Crippen LogP contribution in [0.2, 0.25) is 0 Å². The molecule has 1 heterocycles. The molecular formula is C76H119N19O26S4. The van der Waals surface area contributed by atoms with E-state index in [1.807, 2.05) is 0 Å². The molecule has 0 spiro atoms. The molecule has 0 aromatic heterocycles. The first kappa shape index (κ1) is 110. The van der Waals surface area contributed by atoms with Crippen molar-refractivity contribution in [2.75, 3.05) is 49.2 Å². The van der Waals surface area contributed by atoms with Gasteiger partial charge in [-0.2, -0.15) is 50.5 Å². The van der Waals surface area contributed by atoms with Gasteiger partial charge in [0.15, 0.2) is 0 Å². The number of carbonyl (C=O) groups excluding carboxylic acids is 18. The number of thiol groups is 4. The van der Waals surface area contributed by atoms with E-state index in [2.05, 4.69) is 136 Å². The Labute approximate surface area is 743 Å². The van der Waals surface area contributed by atoms with E-state index in [0.717, 1.165) is 4.90 Å². The molecule has 698 valence electrons. The van der Waals surface area contributed by atoms with Crippen molar-refractivity contribution in [3.63, 3.8) is 0 Å². The van der Waals surface area contributed by atoms with Crippen molar-refractivity contribution in [1.82, 2.24) is 90.0 Å². The number of nitrogens with zero attached hydrogens (tertiary/aromatic N) is 1. The van der Waals surface area contributed by atoms with Crippen LogP contribution in [-0.2, 0) is 112 Å². The lowest BCUT2D eigenvalue weighted by atomic mass is 9.97. The zero-order chi connectivity index (χ0) is 94.8. The molecular weight excluding hydrogens is 1720 g/mol. The number of nitrogens with two attached hydrogens (primary N) is 2. The lowest BCUT2D eigenvalue weighted by Crippen LogP contribution is -2.60. The van der Waals surface area contributed by atoms with Crippen LogP contribution in [0.3, 0.4) is 0 Å². The molecule has 18 amide bonds. The van der Waals surface area contributed by atoms with Crippen LogP contribution >= 0.6 is 50.5 Å². The van der Waals surface area contributed by atoms with E-state index in [9.17, 15) is 126 Å². The normalized spacial score (nSPS) is 15.9. The minimum Gasteiger partial charge on any atom is -0.481 e. The van der Waals surface area contributed by atoms with Crippen molar-refractivity contribution in [2.45, 2.75) is 230 Å². The summed E-state index contributed by atoms with van der Waals surface area (Å²) in [5.74, 6) is -26.9. The molecule has 0 bridgehead atoms. The summed E-state index contributed by atoms with van der Waals surface area (Å²) >= 11 is 16.6. The second-order valence-electron chi connectivity index (χ2n) is 30.7. The summed E-state index contributed by atoms with van der Waals surface area (Å²) in [6, 6.07) is -14.5. The number of carboxylic acid groups (broad SMARTS) is 4. The van der Waals surface area contributed by atoms with Crippen molar-refractivity contribution in [2.24, 2.45) is 35.1 Å². The van der Waals surface area contributed by atoms with E-state index in [1.165, 1.54) is 13.8 Å². The summed E-state index contributed by atoms with van der Waals surface area (Å²) in [7, 11) is 0. The van der Waals surface area contributed by atoms with Crippen LogP contribution in [-0.4, -0.2) is 295 Å². The summed E-state index contributed by atoms with van der Waals surface area (Å²) < 4.78 is 0. The van der Waals surface area contributed by atoms with Crippen molar-refractivity contribution < 1.29 is 126 Å². The van der Waals surface area contributed by atoms with Crippen LogP contribution in [0.15, 0.2) is 30.3 Å². The second kappa shape index (κ2) is 56.0. The first-order chi connectivity index (χ1) is 58.6. The van der Waals surface area contributed by atoms with Gasteiger partial charge in [0.05, 0.1) is 38.5 Å². The highest BCUT2D eigenvalue weighted by Gasteiger charge is 2.42. The number of carbonyl (C=O) groups is 22. The summed E-state index contributed by atoms with van der Waals surface area (Å²) in [5.41, 5.74) is 11.2. The Balaban J connectivity index is 2.28. The van der Waals surface area contributed by atoms with Gasteiger partial charge in [0.25, 0.3) is 0 Å². The molecule has 0 unspecified atom stereocenters. The molecule has 0 radical (unpaired) electrons. The molecule has 1 saturated heterocycles. The van der Waals surface area contributed by atoms with Crippen LogP contribution < -0.4 is 96.5 Å². The number of aliphatic carboxylic acids is 4. The Morgan fingerprint density at radius 3 is 1.28 bits per heavy atom. The van der Waals surface area contributed by atoms with E-state index in [4.69, 9.17) is 11.5 Å². The maximum atomic E-state index is 14.3. The van der Waals surface area contributed by atoms with E-state index in [-0.39, 0.29) is 74.2 Å². The lowest BCUT2D eigenvalue weighted by molar-refractivity contribution is -0.144. The molecule has 2 rings (SSSR count). The van der Waals surface area contributed by atoms with Gasteiger partial charge in [-0.3, -0.25) is 101 Å². The predicted octanol–water partition coefficient (Wildman–Crippen LogP) is -7.10. The summed E-state index contributed by atoms with van der Waals surface area (Å²) in [6.45, 7) is 11.8. The number of benzene rings is 1. The third-order valence-electron chi connectivity index (χ3n) is 19.1. The van der Waals surface area contributed by atoms with Gasteiger partial charge in [-0.25, -0.2) is 4.79 Å². The van der Waals surface area contributed by atoms with Crippen LogP contribution in [0, 0.1) is 23.7 Å². The first-order valence-electron chi connectivity index (χ1n) is 40.1. The second-order valence-corrected chi connectivity index (χ2v) is 32.2. The number of primary amides is 1. The first-order valence-corrected chi connectivity index (χ1v) is 42.6. The quantitative estimate of drug-likeness (QED) is 0.0270. The van der Waals surface area contributed by atoms with Gasteiger partial charge < -0.3 is 122 Å². The monoisotopic (exact) mass is 1840 g/mol. The largest absolute Gasteiger partial charge is 0.481 e. The zero-order valence-corrected chi connectivity index (χ0v) is 74.2. The van der Waals surface area contributed by atoms with Crippen LogP contribution in [0.1, 0.15) is 139 Å². The average molecular weight is 1840 g/mol. The Kier molecular flexibility index (Phi) is 49.3. The highest BCUT2D eigenvalue weighted by atomic mass is 32.1. The number of hydrogen-bond donors (Lipinski definition) is 26. The van der Waals surface area contributed by atoms with Crippen molar-refractivity contribution in [1.29, 1.82) is 0 Å². The third-order valence-corrected chi connectivity index (χ3v) is 20.6. The molecule has 1 aromatic rings. The van der Waals surface area contributed by atoms with Gasteiger partial charge in [0.1, 0.15) is 84.6 Å². The molecule has 24 N–H and O–H groups in total. The molecule has 45 nitrogen and oxygen atoms in total. The van der Waals surface area contributed by atoms with Gasteiger partial charge in [-0.1, -0.05) is 92.1 Å².